The molecular weight excluding hydrogens is 370 g/mol. The van der Waals surface area contributed by atoms with Crippen LogP contribution in [0.5, 0.6) is 5.75 Å². The van der Waals surface area contributed by atoms with Gasteiger partial charge in [-0.15, -0.1) is 0 Å². The molecule has 4 heteroatoms. The van der Waals surface area contributed by atoms with Crippen molar-refractivity contribution in [3.63, 3.8) is 0 Å². The Bertz CT molecular complexity index is 558. The normalized spacial score (nSPS) is 10.5. The molecule has 0 fully saturated rings. The van der Waals surface area contributed by atoms with Gasteiger partial charge in [-0.3, -0.25) is 0 Å². The summed E-state index contributed by atoms with van der Waals surface area (Å²) in [5.41, 5.74) is 7.88. The maximum atomic E-state index is 5.95. The zero-order chi connectivity index (χ0) is 13.7. The molecule has 0 amide bonds. The predicted octanol–water partition coefficient (Wildman–Crippen LogP) is 4.29. The molecule has 0 radical (unpaired) electrons. The van der Waals surface area contributed by atoms with Crippen molar-refractivity contribution in [2.24, 2.45) is 5.73 Å². The smallest absolute Gasteiger partial charge is 0.137 e. The van der Waals surface area contributed by atoms with Crippen molar-refractivity contribution in [1.29, 1.82) is 0 Å². The molecule has 0 bridgehead atoms. The summed E-state index contributed by atoms with van der Waals surface area (Å²) in [5.74, 6) is 0.878. The molecule has 0 aromatic heterocycles. The third-order valence-corrected chi connectivity index (χ3v) is 4.19. The van der Waals surface area contributed by atoms with Crippen LogP contribution in [-0.2, 0) is 13.0 Å². The Morgan fingerprint density at radius 3 is 2.32 bits per heavy atom. The van der Waals surface area contributed by atoms with Crippen LogP contribution in [0.1, 0.15) is 11.1 Å². The molecule has 0 saturated heterocycles. The number of para-hydroxylation sites is 1. The van der Waals surface area contributed by atoms with Gasteiger partial charge in [-0.1, -0.05) is 46.3 Å². The fraction of sp³-hybridized carbons (Fsp3) is 0.200. The molecule has 0 aliphatic carbocycles. The summed E-state index contributed by atoms with van der Waals surface area (Å²) in [6.07, 6.45) is 0.810. The summed E-state index contributed by atoms with van der Waals surface area (Å²) >= 11 is 7.06. The first kappa shape index (κ1) is 14.6. The molecule has 0 aliphatic rings. The van der Waals surface area contributed by atoms with E-state index in [0.29, 0.717) is 13.2 Å². The van der Waals surface area contributed by atoms with E-state index in [4.69, 9.17) is 10.5 Å². The van der Waals surface area contributed by atoms with E-state index in [1.807, 2.05) is 42.5 Å². The molecular formula is C15H15Br2NO. The molecule has 0 spiro atoms. The van der Waals surface area contributed by atoms with E-state index in [9.17, 15) is 0 Å². The topological polar surface area (TPSA) is 35.2 Å². The fourth-order valence-electron chi connectivity index (χ4n) is 1.83. The van der Waals surface area contributed by atoms with Gasteiger partial charge in [0.2, 0.25) is 0 Å². The second kappa shape index (κ2) is 7.08. The summed E-state index contributed by atoms with van der Waals surface area (Å²) in [5, 5.41) is 0. The average Bonchev–Trinajstić information content (AvgIpc) is 2.40. The predicted molar refractivity (Wildman–Crippen MR) is 85.4 cm³/mol. The molecule has 0 atom stereocenters. The summed E-state index contributed by atoms with van der Waals surface area (Å²) in [6, 6.07) is 14.1. The van der Waals surface area contributed by atoms with Crippen molar-refractivity contribution in [3.8, 4) is 5.75 Å². The first-order valence-corrected chi connectivity index (χ1v) is 7.64. The molecule has 0 unspecified atom stereocenters. The third kappa shape index (κ3) is 3.81. The van der Waals surface area contributed by atoms with E-state index in [1.165, 1.54) is 0 Å². The largest absolute Gasteiger partial charge is 0.487 e. The molecule has 100 valence electrons. The van der Waals surface area contributed by atoms with E-state index in [2.05, 4.69) is 31.9 Å². The highest BCUT2D eigenvalue weighted by Crippen LogP contribution is 2.30. The molecule has 2 nitrogen and oxygen atoms in total. The maximum Gasteiger partial charge on any atom is 0.137 e. The van der Waals surface area contributed by atoms with Gasteiger partial charge in [0, 0.05) is 10.0 Å². The van der Waals surface area contributed by atoms with E-state index >= 15 is 0 Å². The molecule has 2 aromatic rings. The monoisotopic (exact) mass is 383 g/mol. The lowest BCUT2D eigenvalue weighted by Crippen LogP contribution is -2.06. The summed E-state index contributed by atoms with van der Waals surface area (Å²) in [7, 11) is 0. The lowest BCUT2D eigenvalue weighted by Gasteiger charge is -2.13. The van der Waals surface area contributed by atoms with Crippen LogP contribution >= 0.6 is 31.9 Å². The van der Waals surface area contributed by atoms with Gasteiger partial charge in [0.1, 0.15) is 12.4 Å². The Morgan fingerprint density at radius 2 is 1.58 bits per heavy atom. The highest BCUT2D eigenvalue weighted by Gasteiger charge is 2.08. The van der Waals surface area contributed by atoms with Crippen LogP contribution in [0, 0.1) is 0 Å². The van der Waals surface area contributed by atoms with Gasteiger partial charge in [-0.25, -0.2) is 0 Å². The standard InChI is InChI=1S/C15H15Br2NO/c16-13-6-2-1-4-12(13)10-19-15-11(8-9-18)5-3-7-14(15)17/h1-7H,8-10,18H2. The summed E-state index contributed by atoms with van der Waals surface area (Å²) in [4.78, 5) is 0. The lowest BCUT2D eigenvalue weighted by atomic mass is 10.1. The van der Waals surface area contributed by atoms with Crippen molar-refractivity contribution in [2.75, 3.05) is 6.54 Å². The SMILES string of the molecule is NCCc1cccc(Br)c1OCc1ccccc1Br. The van der Waals surface area contributed by atoms with Crippen LogP contribution in [-0.4, -0.2) is 6.54 Å². The van der Waals surface area contributed by atoms with E-state index < -0.39 is 0 Å². The molecule has 2 aromatic carbocycles. The Kier molecular flexibility index (Phi) is 5.43. The zero-order valence-electron chi connectivity index (χ0n) is 10.4. The number of ether oxygens (including phenoxy) is 1. The Morgan fingerprint density at radius 1 is 0.895 bits per heavy atom. The van der Waals surface area contributed by atoms with Gasteiger partial charge >= 0.3 is 0 Å². The van der Waals surface area contributed by atoms with Crippen LogP contribution in [0.2, 0.25) is 0 Å². The quantitative estimate of drug-likeness (QED) is 0.834. The van der Waals surface area contributed by atoms with E-state index in [1.54, 1.807) is 0 Å². The van der Waals surface area contributed by atoms with Crippen molar-refractivity contribution < 1.29 is 4.74 Å². The van der Waals surface area contributed by atoms with Gasteiger partial charge in [0.15, 0.2) is 0 Å². The van der Waals surface area contributed by atoms with Crippen molar-refractivity contribution in [2.45, 2.75) is 13.0 Å². The van der Waals surface area contributed by atoms with Crippen molar-refractivity contribution in [3.05, 3.63) is 62.5 Å². The number of hydrogen-bond donors (Lipinski definition) is 1. The highest BCUT2D eigenvalue weighted by molar-refractivity contribution is 9.10. The number of nitrogens with two attached hydrogens (primary N) is 1. The highest BCUT2D eigenvalue weighted by atomic mass is 79.9. The van der Waals surface area contributed by atoms with E-state index in [-0.39, 0.29) is 0 Å². The van der Waals surface area contributed by atoms with Crippen molar-refractivity contribution in [1.82, 2.24) is 0 Å². The molecule has 2 rings (SSSR count). The summed E-state index contributed by atoms with van der Waals surface area (Å²) < 4.78 is 7.98. The average molecular weight is 385 g/mol. The Balaban J connectivity index is 2.17. The van der Waals surface area contributed by atoms with Crippen LogP contribution < -0.4 is 10.5 Å². The number of benzene rings is 2. The minimum atomic E-state index is 0.529. The second-order valence-corrected chi connectivity index (χ2v) is 5.86. The van der Waals surface area contributed by atoms with Crippen molar-refractivity contribution >= 4 is 31.9 Å². The fourth-order valence-corrected chi connectivity index (χ4v) is 2.75. The first-order chi connectivity index (χ1) is 9.22. The van der Waals surface area contributed by atoms with Gasteiger partial charge in [0.25, 0.3) is 0 Å². The zero-order valence-corrected chi connectivity index (χ0v) is 13.6. The molecule has 0 heterocycles. The van der Waals surface area contributed by atoms with Crippen LogP contribution in [0.4, 0.5) is 0 Å². The summed E-state index contributed by atoms with van der Waals surface area (Å²) in [6.45, 7) is 1.14. The number of halogens is 2. The van der Waals surface area contributed by atoms with Crippen LogP contribution in [0.15, 0.2) is 51.4 Å². The van der Waals surface area contributed by atoms with Crippen LogP contribution in [0.3, 0.4) is 0 Å². The van der Waals surface area contributed by atoms with Crippen LogP contribution in [0.25, 0.3) is 0 Å². The van der Waals surface area contributed by atoms with Gasteiger partial charge in [-0.2, -0.15) is 0 Å². The third-order valence-electron chi connectivity index (χ3n) is 2.79. The minimum Gasteiger partial charge on any atom is -0.487 e. The lowest BCUT2D eigenvalue weighted by molar-refractivity contribution is 0.300. The van der Waals surface area contributed by atoms with Gasteiger partial charge in [-0.05, 0) is 46.6 Å². The maximum absolute atomic E-state index is 5.95. The van der Waals surface area contributed by atoms with Gasteiger partial charge in [0.05, 0.1) is 4.47 Å². The van der Waals surface area contributed by atoms with E-state index in [0.717, 1.165) is 32.2 Å². The molecule has 0 aliphatic heterocycles. The Labute approximate surface area is 130 Å². The minimum absolute atomic E-state index is 0.529. The number of rotatable bonds is 5. The second-order valence-electron chi connectivity index (χ2n) is 4.15. The molecule has 19 heavy (non-hydrogen) atoms. The Hall–Kier alpha value is -0.840. The molecule has 0 saturated carbocycles. The number of hydrogen-bond acceptors (Lipinski definition) is 2. The molecule has 2 N–H and O–H groups in total. The first-order valence-electron chi connectivity index (χ1n) is 6.06. The van der Waals surface area contributed by atoms with Gasteiger partial charge < -0.3 is 10.5 Å².